The first kappa shape index (κ1) is 14.5. The number of benzene rings is 1. The standard InChI is InChI=1S/C13H15N5O3/c1-7(2)20-12-16-11(15)17-13(18-12)21-9-5-3-8(4-6-9)10(14)19/h3-7H,1-2H3,(H2,14,19)(H2,15,16,17,18). The largest absolute Gasteiger partial charge is 0.461 e. The zero-order chi connectivity index (χ0) is 15.4. The number of primary amides is 1. The summed E-state index contributed by atoms with van der Waals surface area (Å²) in [7, 11) is 0. The van der Waals surface area contributed by atoms with E-state index >= 15 is 0 Å². The smallest absolute Gasteiger partial charge is 0.330 e. The fraction of sp³-hybridized carbons (Fsp3) is 0.231. The van der Waals surface area contributed by atoms with Crippen LogP contribution >= 0.6 is 0 Å². The number of carbonyl (C=O) groups is 1. The molecule has 0 radical (unpaired) electrons. The molecule has 0 bridgehead atoms. The van der Waals surface area contributed by atoms with Gasteiger partial charge in [0.2, 0.25) is 11.9 Å². The first-order valence-electron chi connectivity index (χ1n) is 6.20. The molecular formula is C13H15N5O3. The predicted molar refractivity (Wildman–Crippen MR) is 75.0 cm³/mol. The zero-order valence-corrected chi connectivity index (χ0v) is 11.6. The maximum absolute atomic E-state index is 11.0. The highest BCUT2D eigenvalue weighted by atomic mass is 16.5. The van der Waals surface area contributed by atoms with Crippen LogP contribution in [0.4, 0.5) is 5.95 Å². The van der Waals surface area contributed by atoms with Crippen molar-refractivity contribution in [2.24, 2.45) is 5.73 Å². The number of hydrogen-bond acceptors (Lipinski definition) is 7. The molecule has 0 aliphatic carbocycles. The van der Waals surface area contributed by atoms with Gasteiger partial charge in [-0.05, 0) is 38.1 Å². The van der Waals surface area contributed by atoms with Crippen LogP contribution in [0.25, 0.3) is 0 Å². The summed E-state index contributed by atoms with van der Waals surface area (Å²) in [5.41, 5.74) is 11.1. The summed E-state index contributed by atoms with van der Waals surface area (Å²) in [5.74, 6) is -0.0934. The van der Waals surface area contributed by atoms with E-state index in [0.29, 0.717) is 11.3 Å². The lowest BCUT2D eigenvalue weighted by Gasteiger charge is -2.09. The number of amides is 1. The van der Waals surface area contributed by atoms with Crippen LogP contribution in [0.2, 0.25) is 0 Å². The lowest BCUT2D eigenvalue weighted by atomic mass is 10.2. The van der Waals surface area contributed by atoms with Crippen molar-refractivity contribution in [1.82, 2.24) is 15.0 Å². The van der Waals surface area contributed by atoms with Gasteiger partial charge in [-0.1, -0.05) is 0 Å². The number of rotatable bonds is 5. The van der Waals surface area contributed by atoms with Crippen LogP contribution in [-0.4, -0.2) is 27.0 Å². The highest BCUT2D eigenvalue weighted by Gasteiger charge is 2.09. The molecular weight excluding hydrogens is 274 g/mol. The fourth-order valence-corrected chi connectivity index (χ4v) is 1.45. The van der Waals surface area contributed by atoms with E-state index in [1.54, 1.807) is 12.1 Å². The second-order valence-corrected chi connectivity index (χ2v) is 4.42. The maximum Gasteiger partial charge on any atom is 0.330 e. The summed E-state index contributed by atoms with van der Waals surface area (Å²) >= 11 is 0. The van der Waals surface area contributed by atoms with E-state index in [1.165, 1.54) is 12.1 Å². The molecule has 1 amide bonds. The molecule has 8 nitrogen and oxygen atoms in total. The van der Waals surface area contributed by atoms with E-state index in [0.717, 1.165) is 0 Å². The minimum absolute atomic E-state index is 0.00461. The summed E-state index contributed by atoms with van der Waals surface area (Å²) in [6.45, 7) is 3.67. The summed E-state index contributed by atoms with van der Waals surface area (Å²) in [5, 5.41) is 0. The van der Waals surface area contributed by atoms with Crippen molar-refractivity contribution in [2.45, 2.75) is 20.0 Å². The minimum Gasteiger partial charge on any atom is -0.461 e. The Balaban J connectivity index is 2.18. The molecule has 0 aliphatic rings. The van der Waals surface area contributed by atoms with Crippen LogP contribution in [0.1, 0.15) is 24.2 Å². The topological polar surface area (TPSA) is 126 Å². The van der Waals surface area contributed by atoms with Gasteiger partial charge in [0.25, 0.3) is 0 Å². The molecule has 8 heteroatoms. The quantitative estimate of drug-likeness (QED) is 0.844. The Labute approximate surface area is 121 Å². The second-order valence-electron chi connectivity index (χ2n) is 4.42. The Morgan fingerprint density at radius 2 is 1.71 bits per heavy atom. The lowest BCUT2D eigenvalue weighted by molar-refractivity contribution is 0.100. The third kappa shape index (κ3) is 4.03. The summed E-state index contributed by atoms with van der Waals surface area (Å²) in [4.78, 5) is 22.7. The Kier molecular flexibility index (Phi) is 4.17. The molecule has 0 fully saturated rings. The molecule has 0 aliphatic heterocycles. The number of nitrogen functional groups attached to an aromatic ring is 1. The van der Waals surface area contributed by atoms with Crippen LogP contribution in [0.5, 0.6) is 17.8 Å². The molecule has 110 valence electrons. The third-order valence-electron chi connectivity index (χ3n) is 2.30. The molecule has 4 N–H and O–H groups in total. The number of carbonyl (C=O) groups excluding carboxylic acids is 1. The van der Waals surface area contributed by atoms with E-state index in [9.17, 15) is 4.79 Å². The molecule has 2 rings (SSSR count). The summed E-state index contributed by atoms with van der Waals surface area (Å²) in [6.07, 6.45) is -0.102. The summed E-state index contributed by atoms with van der Waals surface area (Å²) in [6, 6.07) is 6.30. The first-order chi connectivity index (χ1) is 9.94. The first-order valence-corrected chi connectivity index (χ1v) is 6.20. The van der Waals surface area contributed by atoms with Gasteiger partial charge in [0.1, 0.15) is 5.75 Å². The van der Waals surface area contributed by atoms with Crippen LogP contribution in [0, 0.1) is 0 Å². The second kappa shape index (κ2) is 6.04. The maximum atomic E-state index is 11.0. The van der Waals surface area contributed by atoms with Gasteiger partial charge >= 0.3 is 12.0 Å². The van der Waals surface area contributed by atoms with Crippen molar-refractivity contribution in [3.8, 4) is 17.8 Å². The Morgan fingerprint density at radius 1 is 1.10 bits per heavy atom. The normalized spacial score (nSPS) is 10.4. The zero-order valence-electron chi connectivity index (χ0n) is 11.6. The van der Waals surface area contributed by atoms with Gasteiger partial charge in [-0.25, -0.2) is 0 Å². The molecule has 1 aromatic heterocycles. The molecule has 0 saturated carbocycles. The molecule has 0 saturated heterocycles. The highest BCUT2D eigenvalue weighted by molar-refractivity contribution is 5.92. The van der Waals surface area contributed by atoms with Crippen molar-refractivity contribution in [3.63, 3.8) is 0 Å². The fourth-order valence-electron chi connectivity index (χ4n) is 1.45. The lowest BCUT2D eigenvalue weighted by Crippen LogP contribution is -2.11. The number of ether oxygens (including phenoxy) is 2. The molecule has 0 unspecified atom stereocenters. The van der Waals surface area contributed by atoms with E-state index < -0.39 is 5.91 Å². The molecule has 0 spiro atoms. The van der Waals surface area contributed by atoms with E-state index in [2.05, 4.69) is 15.0 Å². The number of anilines is 1. The Bertz CT molecular complexity index is 643. The van der Waals surface area contributed by atoms with Crippen molar-refractivity contribution in [2.75, 3.05) is 5.73 Å². The SMILES string of the molecule is CC(C)Oc1nc(N)nc(Oc2ccc(C(N)=O)cc2)n1. The van der Waals surface area contributed by atoms with Gasteiger partial charge in [0.15, 0.2) is 0 Å². The monoisotopic (exact) mass is 289 g/mol. The predicted octanol–water partition coefficient (Wildman–Crippen LogP) is 1.13. The van der Waals surface area contributed by atoms with Crippen LogP contribution in [0.15, 0.2) is 24.3 Å². The van der Waals surface area contributed by atoms with Gasteiger partial charge in [-0.3, -0.25) is 4.79 Å². The number of nitrogens with two attached hydrogens (primary N) is 2. The van der Waals surface area contributed by atoms with Gasteiger partial charge in [-0.2, -0.15) is 9.97 Å². The number of nitrogens with zero attached hydrogens (tertiary/aromatic N) is 3. The van der Waals surface area contributed by atoms with Crippen molar-refractivity contribution in [1.29, 1.82) is 0 Å². The van der Waals surface area contributed by atoms with Crippen molar-refractivity contribution in [3.05, 3.63) is 29.8 Å². The number of hydrogen-bond donors (Lipinski definition) is 2. The van der Waals surface area contributed by atoms with Crippen LogP contribution in [-0.2, 0) is 0 Å². The van der Waals surface area contributed by atoms with Crippen molar-refractivity contribution < 1.29 is 14.3 Å². The van der Waals surface area contributed by atoms with Gasteiger partial charge in [0, 0.05) is 5.56 Å². The highest BCUT2D eigenvalue weighted by Crippen LogP contribution is 2.20. The molecule has 1 aromatic carbocycles. The Morgan fingerprint density at radius 3 is 2.29 bits per heavy atom. The molecule has 2 aromatic rings. The molecule has 21 heavy (non-hydrogen) atoms. The Hall–Kier alpha value is -2.90. The van der Waals surface area contributed by atoms with E-state index in [-0.39, 0.29) is 24.1 Å². The van der Waals surface area contributed by atoms with E-state index in [1.807, 2.05) is 13.8 Å². The minimum atomic E-state index is -0.515. The molecule has 1 heterocycles. The van der Waals surface area contributed by atoms with Gasteiger partial charge < -0.3 is 20.9 Å². The average molecular weight is 289 g/mol. The van der Waals surface area contributed by atoms with Gasteiger partial charge in [0.05, 0.1) is 6.10 Å². The van der Waals surface area contributed by atoms with Gasteiger partial charge in [-0.15, -0.1) is 4.98 Å². The average Bonchev–Trinajstić information content (AvgIpc) is 2.37. The number of aromatic nitrogens is 3. The van der Waals surface area contributed by atoms with Crippen LogP contribution < -0.4 is 20.9 Å². The van der Waals surface area contributed by atoms with Crippen molar-refractivity contribution >= 4 is 11.9 Å². The van der Waals surface area contributed by atoms with Crippen LogP contribution in [0.3, 0.4) is 0 Å². The summed E-state index contributed by atoms with van der Waals surface area (Å²) < 4.78 is 10.8. The van der Waals surface area contributed by atoms with E-state index in [4.69, 9.17) is 20.9 Å². The third-order valence-corrected chi connectivity index (χ3v) is 2.30. The molecule has 0 atom stereocenters.